The molecule has 0 aliphatic carbocycles. The molecule has 0 fully saturated rings. The van der Waals surface area contributed by atoms with Crippen LogP contribution in [0.2, 0.25) is 0 Å². The topological polar surface area (TPSA) is 84.2 Å². The highest BCUT2D eigenvalue weighted by molar-refractivity contribution is 6.10. The zero-order chi connectivity index (χ0) is 28.1. The normalized spacial score (nSPS) is 11.0. The van der Waals surface area contributed by atoms with Gasteiger partial charge in [-0.2, -0.15) is 0 Å². The Morgan fingerprint density at radius 3 is 2.15 bits per heavy atom. The van der Waals surface area contributed by atoms with Crippen molar-refractivity contribution >= 4 is 28.8 Å². The van der Waals surface area contributed by atoms with E-state index < -0.39 is 5.97 Å². The van der Waals surface area contributed by atoms with Gasteiger partial charge in [-0.3, -0.25) is 4.79 Å². The molecule has 4 aromatic carbocycles. The number of methoxy groups -OCH3 is 3. The van der Waals surface area contributed by atoms with Crippen molar-refractivity contribution in [2.45, 2.75) is 0 Å². The molecule has 0 amide bonds. The zero-order valence-corrected chi connectivity index (χ0v) is 22.2. The minimum absolute atomic E-state index is 0.159. The van der Waals surface area contributed by atoms with Crippen LogP contribution >= 0.6 is 0 Å². The third kappa shape index (κ3) is 5.44. The molecule has 0 unspecified atom stereocenters. The van der Waals surface area contributed by atoms with Gasteiger partial charge in [-0.15, -0.1) is 0 Å². The van der Waals surface area contributed by atoms with Crippen molar-refractivity contribution in [1.29, 1.82) is 0 Å². The highest BCUT2D eigenvalue weighted by atomic mass is 16.6. The molecule has 1 aromatic heterocycles. The first-order chi connectivity index (χ1) is 19.5. The first-order valence-corrected chi connectivity index (χ1v) is 12.4. The average Bonchev–Trinajstić information content (AvgIpc) is 3.39. The van der Waals surface area contributed by atoms with E-state index in [1.165, 1.54) is 13.2 Å². The number of carbonyl (C=O) groups is 2. The van der Waals surface area contributed by atoms with Crippen molar-refractivity contribution < 1.29 is 33.0 Å². The van der Waals surface area contributed by atoms with E-state index in [1.54, 1.807) is 81.0 Å². The predicted molar refractivity (Wildman–Crippen MR) is 153 cm³/mol. The summed E-state index contributed by atoms with van der Waals surface area (Å²) in [6.45, 7) is 0. The fourth-order valence-corrected chi connectivity index (χ4v) is 4.25. The molecule has 7 nitrogen and oxygen atoms in total. The lowest BCUT2D eigenvalue weighted by atomic mass is 10.1. The van der Waals surface area contributed by atoms with E-state index in [2.05, 4.69) is 0 Å². The number of ketones is 1. The first-order valence-electron chi connectivity index (χ1n) is 12.4. The summed E-state index contributed by atoms with van der Waals surface area (Å²) in [6, 6.07) is 26.5. The van der Waals surface area contributed by atoms with Gasteiger partial charge in [0.05, 0.1) is 21.3 Å². The van der Waals surface area contributed by atoms with Gasteiger partial charge >= 0.3 is 5.97 Å². The van der Waals surface area contributed by atoms with E-state index in [9.17, 15) is 9.59 Å². The van der Waals surface area contributed by atoms with Crippen LogP contribution in [-0.4, -0.2) is 33.1 Å². The maximum atomic E-state index is 13.6. The number of carbonyl (C=O) groups excluding carboxylic acids is 2. The maximum absolute atomic E-state index is 13.6. The molecule has 0 saturated carbocycles. The Labute approximate surface area is 231 Å². The average molecular weight is 535 g/mol. The Morgan fingerprint density at radius 1 is 0.725 bits per heavy atom. The Hall–Kier alpha value is -5.30. The van der Waals surface area contributed by atoms with E-state index >= 15 is 0 Å². The second-order valence-electron chi connectivity index (χ2n) is 8.76. The number of rotatable bonds is 9. The lowest BCUT2D eigenvalue weighted by molar-refractivity contribution is 0.0731. The Balaban J connectivity index is 1.43. The summed E-state index contributed by atoms with van der Waals surface area (Å²) in [7, 11) is 4.61. The molecular weight excluding hydrogens is 508 g/mol. The van der Waals surface area contributed by atoms with E-state index in [-0.39, 0.29) is 17.1 Å². The van der Waals surface area contributed by atoms with Crippen LogP contribution in [0.15, 0.2) is 101 Å². The molecule has 0 aliphatic rings. The van der Waals surface area contributed by atoms with Crippen LogP contribution in [0.25, 0.3) is 28.4 Å². The van der Waals surface area contributed by atoms with Crippen LogP contribution in [0.1, 0.15) is 26.3 Å². The number of allylic oxidation sites excluding steroid dienone is 1. The molecule has 40 heavy (non-hydrogen) atoms. The largest absolute Gasteiger partial charge is 0.497 e. The van der Waals surface area contributed by atoms with Gasteiger partial charge in [-0.25, -0.2) is 4.79 Å². The second-order valence-corrected chi connectivity index (χ2v) is 8.76. The van der Waals surface area contributed by atoms with Gasteiger partial charge in [-0.05, 0) is 66.2 Å². The zero-order valence-electron chi connectivity index (χ0n) is 22.2. The van der Waals surface area contributed by atoms with Crippen molar-refractivity contribution in [2.75, 3.05) is 21.3 Å². The fraction of sp³-hybridized carbons (Fsp3) is 0.0909. The summed E-state index contributed by atoms with van der Waals surface area (Å²) in [5.74, 6) is 1.44. The summed E-state index contributed by atoms with van der Waals surface area (Å²) in [5, 5.41) is 0.568. The van der Waals surface area contributed by atoms with Crippen LogP contribution in [-0.2, 0) is 0 Å². The highest BCUT2D eigenvalue weighted by Crippen LogP contribution is 2.37. The molecule has 5 aromatic rings. The number of esters is 1. The number of benzene rings is 4. The highest BCUT2D eigenvalue weighted by Gasteiger charge is 2.25. The minimum Gasteiger partial charge on any atom is -0.497 e. The summed E-state index contributed by atoms with van der Waals surface area (Å²) >= 11 is 0. The van der Waals surface area contributed by atoms with Gasteiger partial charge in [0.1, 0.15) is 28.4 Å². The van der Waals surface area contributed by atoms with Gasteiger partial charge in [0.25, 0.3) is 0 Å². The van der Waals surface area contributed by atoms with Crippen LogP contribution in [0.4, 0.5) is 0 Å². The van der Waals surface area contributed by atoms with E-state index in [0.717, 1.165) is 5.56 Å². The molecule has 0 bridgehead atoms. The number of hydrogen-bond acceptors (Lipinski definition) is 7. The van der Waals surface area contributed by atoms with Crippen molar-refractivity contribution in [1.82, 2.24) is 0 Å². The third-order valence-corrected chi connectivity index (χ3v) is 6.33. The van der Waals surface area contributed by atoms with Gasteiger partial charge in [0.15, 0.2) is 17.3 Å². The van der Waals surface area contributed by atoms with Crippen molar-refractivity contribution in [3.8, 4) is 34.3 Å². The summed E-state index contributed by atoms with van der Waals surface area (Å²) < 4.78 is 27.9. The molecule has 7 heteroatoms. The van der Waals surface area contributed by atoms with Crippen LogP contribution in [0, 0.1) is 0 Å². The van der Waals surface area contributed by atoms with Crippen LogP contribution in [0.3, 0.4) is 0 Å². The lowest BCUT2D eigenvalue weighted by Gasteiger charge is -2.10. The molecule has 1 heterocycles. The molecule has 0 radical (unpaired) electrons. The number of hydrogen-bond donors (Lipinski definition) is 0. The maximum Gasteiger partial charge on any atom is 0.348 e. The van der Waals surface area contributed by atoms with Gasteiger partial charge in [0, 0.05) is 16.5 Å². The van der Waals surface area contributed by atoms with E-state index in [4.69, 9.17) is 23.4 Å². The lowest BCUT2D eigenvalue weighted by Crippen LogP contribution is -2.10. The smallest absolute Gasteiger partial charge is 0.348 e. The molecule has 0 spiro atoms. The number of furan rings is 1. The van der Waals surface area contributed by atoms with Crippen LogP contribution in [0.5, 0.6) is 23.0 Å². The quantitative estimate of drug-likeness (QED) is 0.0853. The Kier molecular flexibility index (Phi) is 7.64. The molecule has 0 N–H and O–H groups in total. The van der Waals surface area contributed by atoms with Gasteiger partial charge < -0.3 is 23.4 Å². The fourth-order valence-electron chi connectivity index (χ4n) is 4.25. The third-order valence-electron chi connectivity index (χ3n) is 6.33. The minimum atomic E-state index is -0.609. The molecule has 0 aliphatic heterocycles. The molecule has 0 saturated heterocycles. The molecule has 5 rings (SSSR count). The van der Waals surface area contributed by atoms with Gasteiger partial charge in [-0.1, -0.05) is 42.5 Å². The summed E-state index contributed by atoms with van der Waals surface area (Å²) in [5.41, 5.74) is 2.77. The first kappa shape index (κ1) is 26.3. The van der Waals surface area contributed by atoms with Crippen molar-refractivity contribution in [2.24, 2.45) is 0 Å². The van der Waals surface area contributed by atoms with Crippen molar-refractivity contribution in [3.63, 3.8) is 0 Å². The van der Waals surface area contributed by atoms with Crippen molar-refractivity contribution in [3.05, 3.63) is 114 Å². The summed E-state index contributed by atoms with van der Waals surface area (Å²) in [4.78, 5) is 26.2. The Morgan fingerprint density at radius 2 is 1.45 bits per heavy atom. The van der Waals surface area contributed by atoms with E-state index in [0.29, 0.717) is 45.1 Å². The molecular formula is C33H26O7. The second kappa shape index (κ2) is 11.6. The number of ether oxygens (including phenoxy) is 4. The predicted octanol–water partition coefficient (Wildman–Crippen LogP) is 7.24. The molecule has 0 atom stereocenters. The molecule has 200 valence electrons. The van der Waals surface area contributed by atoms with Gasteiger partial charge in [0.2, 0.25) is 0 Å². The van der Waals surface area contributed by atoms with Crippen LogP contribution < -0.4 is 18.9 Å². The summed E-state index contributed by atoms with van der Waals surface area (Å²) in [6.07, 6.45) is 3.14. The number of fused-ring (bicyclic) bond motifs is 1. The SMILES string of the molecule is COc1ccc(C(=O)C=Cc2ccc(OC(=O)c3c(-c4ccccc4)oc4ccc(OC)cc34)c(OC)c2)cc1. The Bertz CT molecular complexity index is 1700. The monoisotopic (exact) mass is 534 g/mol. The standard InChI is InChI=1S/C33H26O7/c1-36-24-13-11-22(12-14-24)27(34)16-9-21-10-17-29(30(19-21)38-3)40-33(35)31-26-20-25(37-2)15-18-28(26)39-32(31)23-7-5-4-6-8-23/h4-20H,1-3H3. The van der Waals surface area contributed by atoms with E-state index in [1.807, 2.05) is 30.3 Å².